The zero-order chi connectivity index (χ0) is 22.8. The second-order valence-electron chi connectivity index (χ2n) is 8.50. The minimum Gasteiger partial charge on any atom is -0.384 e. The predicted octanol–water partition coefficient (Wildman–Crippen LogP) is 2.00. The van der Waals surface area contributed by atoms with Crippen LogP contribution in [0.5, 0.6) is 0 Å². The van der Waals surface area contributed by atoms with Crippen molar-refractivity contribution in [3.05, 3.63) is 59.7 Å². The number of nitrogens with one attached hydrogen (secondary N) is 2. The summed E-state index contributed by atoms with van der Waals surface area (Å²) in [6, 6.07) is 14.0. The largest absolute Gasteiger partial charge is 0.384 e. The van der Waals surface area contributed by atoms with Crippen LogP contribution in [0.4, 0.5) is 11.4 Å². The monoisotopic (exact) mass is 424 g/mol. The van der Waals surface area contributed by atoms with Gasteiger partial charge in [0.25, 0.3) is 11.8 Å². The Morgan fingerprint density at radius 1 is 1.19 bits per heavy atom. The highest BCUT2D eigenvalue weighted by molar-refractivity contribution is 6.04. The first-order chi connectivity index (χ1) is 14.6. The second kappa shape index (κ2) is 8.87. The zero-order valence-electron chi connectivity index (χ0n) is 17.9. The summed E-state index contributed by atoms with van der Waals surface area (Å²) in [6.07, 6.45) is -2.97. The van der Waals surface area contributed by atoms with Gasteiger partial charge in [-0.1, -0.05) is 32.9 Å². The number of nitrogens with two attached hydrogens (primary N) is 1. The fourth-order valence-electron chi connectivity index (χ4n) is 3.32. The third kappa shape index (κ3) is 5.10. The van der Waals surface area contributed by atoms with Crippen molar-refractivity contribution in [2.24, 2.45) is 5.73 Å². The van der Waals surface area contributed by atoms with Crippen molar-refractivity contribution in [3.63, 3.8) is 0 Å². The SMILES string of the molecule is CC(C)(C)c1ccc(N2CCOC([C@@H](O)C(=O)Nc3ccc(C(=N)N)cc3)C2=O)cc1. The van der Waals surface area contributed by atoms with Crippen molar-refractivity contribution in [2.45, 2.75) is 38.4 Å². The number of carbonyl (C=O) groups is 2. The molecule has 2 amide bonds. The molecular weight excluding hydrogens is 396 g/mol. The molecule has 3 rings (SSSR count). The van der Waals surface area contributed by atoms with E-state index in [0.717, 1.165) is 5.56 Å². The highest BCUT2D eigenvalue weighted by Crippen LogP contribution is 2.26. The molecule has 5 N–H and O–H groups in total. The summed E-state index contributed by atoms with van der Waals surface area (Å²) >= 11 is 0. The van der Waals surface area contributed by atoms with E-state index in [0.29, 0.717) is 23.5 Å². The molecule has 0 spiro atoms. The number of amidine groups is 1. The summed E-state index contributed by atoms with van der Waals surface area (Å²) < 4.78 is 5.44. The Hall–Kier alpha value is -3.23. The number of aliphatic hydroxyl groups is 1. The van der Waals surface area contributed by atoms with Crippen LogP contribution >= 0.6 is 0 Å². The van der Waals surface area contributed by atoms with Crippen LogP contribution in [-0.2, 0) is 19.7 Å². The van der Waals surface area contributed by atoms with Crippen LogP contribution in [0, 0.1) is 5.41 Å². The van der Waals surface area contributed by atoms with E-state index in [2.05, 4.69) is 26.1 Å². The number of rotatable bonds is 5. The highest BCUT2D eigenvalue weighted by Gasteiger charge is 2.39. The molecule has 8 nitrogen and oxygen atoms in total. The first-order valence-electron chi connectivity index (χ1n) is 10.0. The molecule has 0 radical (unpaired) electrons. The standard InChI is InChI=1S/C23H28N4O4/c1-23(2,3)15-6-10-17(11-7-15)27-12-13-31-19(22(27)30)18(28)21(29)26-16-8-4-14(5-9-16)20(24)25/h4-11,18-19,28H,12-13H2,1-3H3,(H3,24,25)(H,26,29)/t18-,19?/m1/s1. The van der Waals surface area contributed by atoms with Crippen molar-refractivity contribution < 1.29 is 19.4 Å². The lowest BCUT2D eigenvalue weighted by molar-refractivity contribution is -0.150. The lowest BCUT2D eigenvalue weighted by atomic mass is 9.87. The van der Waals surface area contributed by atoms with E-state index in [1.807, 2.05) is 24.3 Å². The van der Waals surface area contributed by atoms with Crippen LogP contribution < -0.4 is 16.0 Å². The van der Waals surface area contributed by atoms with E-state index in [1.165, 1.54) is 4.90 Å². The predicted molar refractivity (Wildman–Crippen MR) is 119 cm³/mol. The molecule has 1 saturated heterocycles. The summed E-state index contributed by atoms with van der Waals surface area (Å²) in [7, 11) is 0. The van der Waals surface area contributed by atoms with Crippen LogP contribution in [0.15, 0.2) is 48.5 Å². The molecule has 0 saturated carbocycles. The Morgan fingerprint density at radius 3 is 2.35 bits per heavy atom. The van der Waals surface area contributed by atoms with Gasteiger partial charge in [-0.2, -0.15) is 0 Å². The Labute approximate surface area is 181 Å². The van der Waals surface area contributed by atoms with Gasteiger partial charge >= 0.3 is 0 Å². The Morgan fingerprint density at radius 2 is 1.81 bits per heavy atom. The molecule has 1 aliphatic rings. The molecule has 1 aliphatic heterocycles. The fraction of sp³-hybridized carbons (Fsp3) is 0.348. The molecule has 1 fully saturated rings. The van der Waals surface area contributed by atoms with Crippen molar-refractivity contribution in [3.8, 4) is 0 Å². The normalized spacial score (nSPS) is 17.9. The highest BCUT2D eigenvalue weighted by atomic mass is 16.5. The Kier molecular flexibility index (Phi) is 6.42. The van der Waals surface area contributed by atoms with Gasteiger partial charge in [-0.15, -0.1) is 0 Å². The number of morpholine rings is 1. The minimum atomic E-state index is -1.67. The van der Waals surface area contributed by atoms with Gasteiger partial charge in [-0.05, 0) is 47.4 Å². The first-order valence-corrected chi connectivity index (χ1v) is 10.0. The average molecular weight is 425 g/mol. The number of anilines is 2. The number of nitrogen functional groups attached to an aromatic ring is 1. The maximum atomic E-state index is 12.9. The van der Waals surface area contributed by atoms with Crippen LogP contribution in [0.3, 0.4) is 0 Å². The summed E-state index contributed by atoms with van der Waals surface area (Å²) in [5, 5.41) is 20.4. The van der Waals surface area contributed by atoms with Crippen molar-refractivity contribution in [2.75, 3.05) is 23.4 Å². The number of hydrogen-bond acceptors (Lipinski definition) is 5. The molecule has 2 aromatic rings. The van der Waals surface area contributed by atoms with Gasteiger partial charge < -0.3 is 25.8 Å². The van der Waals surface area contributed by atoms with E-state index < -0.39 is 24.0 Å². The first kappa shape index (κ1) is 22.5. The third-order valence-electron chi connectivity index (χ3n) is 5.19. The molecule has 164 valence electrons. The summed E-state index contributed by atoms with van der Waals surface area (Å²) in [4.78, 5) is 27.0. The molecule has 8 heteroatoms. The van der Waals surface area contributed by atoms with Gasteiger partial charge in [0.05, 0.1) is 6.61 Å². The van der Waals surface area contributed by atoms with Gasteiger partial charge in [0.1, 0.15) is 5.84 Å². The van der Waals surface area contributed by atoms with Crippen LogP contribution in [0.25, 0.3) is 0 Å². The lowest BCUT2D eigenvalue weighted by Gasteiger charge is -2.34. The number of carbonyl (C=O) groups excluding carboxylic acids is 2. The number of benzene rings is 2. The number of hydrogen-bond donors (Lipinski definition) is 4. The Balaban J connectivity index is 1.69. The van der Waals surface area contributed by atoms with E-state index in [-0.39, 0.29) is 17.9 Å². The van der Waals surface area contributed by atoms with Crippen molar-refractivity contribution in [1.82, 2.24) is 0 Å². The molecule has 1 unspecified atom stereocenters. The van der Waals surface area contributed by atoms with Crippen LogP contribution in [-0.4, -0.2) is 48.1 Å². The average Bonchev–Trinajstić information content (AvgIpc) is 2.73. The molecule has 2 atom stereocenters. The van der Waals surface area contributed by atoms with E-state index in [4.69, 9.17) is 15.9 Å². The molecule has 0 aliphatic carbocycles. The molecule has 31 heavy (non-hydrogen) atoms. The zero-order valence-corrected chi connectivity index (χ0v) is 17.9. The van der Waals surface area contributed by atoms with Crippen LogP contribution in [0.1, 0.15) is 31.9 Å². The van der Waals surface area contributed by atoms with Crippen molar-refractivity contribution >= 4 is 29.0 Å². The summed E-state index contributed by atoms with van der Waals surface area (Å²) in [5.74, 6) is -1.31. The smallest absolute Gasteiger partial charge is 0.259 e. The maximum absolute atomic E-state index is 12.9. The molecule has 1 heterocycles. The lowest BCUT2D eigenvalue weighted by Crippen LogP contribution is -2.55. The van der Waals surface area contributed by atoms with Gasteiger partial charge in [-0.3, -0.25) is 15.0 Å². The Bertz CT molecular complexity index is 965. The summed E-state index contributed by atoms with van der Waals surface area (Å²) in [6.45, 7) is 6.88. The molecule has 0 bridgehead atoms. The fourth-order valence-corrected chi connectivity index (χ4v) is 3.32. The number of nitrogens with zero attached hydrogens (tertiary/aromatic N) is 1. The van der Waals surface area contributed by atoms with Gasteiger partial charge in [0, 0.05) is 23.5 Å². The topological polar surface area (TPSA) is 129 Å². The number of amides is 2. The van der Waals surface area contributed by atoms with Crippen LogP contribution in [0.2, 0.25) is 0 Å². The van der Waals surface area contributed by atoms with Crippen molar-refractivity contribution in [1.29, 1.82) is 5.41 Å². The van der Waals surface area contributed by atoms with Gasteiger partial charge in [0.15, 0.2) is 12.2 Å². The quantitative estimate of drug-likeness (QED) is 0.431. The summed E-state index contributed by atoms with van der Waals surface area (Å²) in [5.41, 5.74) is 8.16. The van der Waals surface area contributed by atoms with E-state index >= 15 is 0 Å². The number of aliphatic hydroxyl groups excluding tert-OH is 1. The maximum Gasteiger partial charge on any atom is 0.259 e. The van der Waals surface area contributed by atoms with Gasteiger partial charge in [0.2, 0.25) is 0 Å². The second-order valence-corrected chi connectivity index (χ2v) is 8.50. The third-order valence-corrected chi connectivity index (χ3v) is 5.19. The van der Waals surface area contributed by atoms with E-state index in [1.54, 1.807) is 24.3 Å². The molecule has 0 aromatic heterocycles. The number of ether oxygens (including phenoxy) is 1. The van der Waals surface area contributed by atoms with Gasteiger partial charge in [-0.25, -0.2) is 0 Å². The molecule has 2 aromatic carbocycles. The molecular formula is C23H28N4O4. The van der Waals surface area contributed by atoms with E-state index in [9.17, 15) is 14.7 Å². The minimum absolute atomic E-state index is 0.00696.